The van der Waals surface area contributed by atoms with E-state index in [4.69, 9.17) is 10.5 Å². The maximum absolute atomic E-state index is 6.20. The maximum atomic E-state index is 6.20. The molecule has 0 radical (unpaired) electrons. The van der Waals surface area contributed by atoms with Crippen LogP contribution in [0, 0.1) is 5.92 Å². The summed E-state index contributed by atoms with van der Waals surface area (Å²) in [6.07, 6.45) is 1.97. The van der Waals surface area contributed by atoms with Crippen molar-refractivity contribution in [1.29, 1.82) is 0 Å². The van der Waals surface area contributed by atoms with Crippen molar-refractivity contribution in [1.82, 2.24) is 5.32 Å². The molecule has 1 fully saturated rings. The third-order valence-corrected chi connectivity index (χ3v) is 2.52. The summed E-state index contributed by atoms with van der Waals surface area (Å²) in [4.78, 5) is 0. The maximum Gasteiger partial charge on any atom is 0.0484 e. The predicted molar refractivity (Wildman–Crippen MR) is 54.7 cm³/mol. The van der Waals surface area contributed by atoms with E-state index in [1.807, 2.05) is 0 Å². The number of rotatable bonds is 4. The number of hydrogen-bond acceptors (Lipinski definition) is 3. The standard InChI is InChI=1S/C10H22N2O/c1-9(2)7-12-8-10(11)3-5-13-6-4-10/h9,12H,3-8,11H2,1-2H3. The SMILES string of the molecule is CC(C)CNCC1(N)CCOCC1. The molecule has 0 aromatic heterocycles. The van der Waals surface area contributed by atoms with Gasteiger partial charge in [-0.05, 0) is 25.3 Å². The zero-order chi connectivity index (χ0) is 9.73. The zero-order valence-electron chi connectivity index (χ0n) is 8.81. The topological polar surface area (TPSA) is 47.3 Å². The Hall–Kier alpha value is -0.120. The van der Waals surface area contributed by atoms with Crippen molar-refractivity contribution in [2.75, 3.05) is 26.3 Å². The van der Waals surface area contributed by atoms with Gasteiger partial charge in [-0.25, -0.2) is 0 Å². The lowest BCUT2D eigenvalue weighted by Gasteiger charge is -2.33. The number of hydrogen-bond donors (Lipinski definition) is 2. The molecule has 1 rings (SSSR count). The predicted octanol–water partition coefficient (Wildman–Crippen LogP) is 0.740. The van der Waals surface area contributed by atoms with Crippen LogP contribution in [0.4, 0.5) is 0 Å². The Balaban J connectivity index is 2.17. The molecule has 1 heterocycles. The molecular formula is C10H22N2O. The minimum Gasteiger partial charge on any atom is -0.381 e. The van der Waals surface area contributed by atoms with Crippen LogP contribution in [-0.2, 0) is 4.74 Å². The molecule has 1 aliphatic heterocycles. The molecule has 0 unspecified atom stereocenters. The quantitative estimate of drug-likeness (QED) is 0.681. The fourth-order valence-corrected chi connectivity index (χ4v) is 1.56. The summed E-state index contributed by atoms with van der Waals surface area (Å²) >= 11 is 0. The Bertz CT molecular complexity index is 142. The molecule has 0 bridgehead atoms. The van der Waals surface area contributed by atoms with Gasteiger partial charge in [-0.1, -0.05) is 13.8 Å². The fourth-order valence-electron chi connectivity index (χ4n) is 1.56. The number of nitrogens with one attached hydrogen (secondary N) is 1. The van der Waals surface area contributed by atoms with Gasteiger partial charge in [0.2, 0.25) is 0 Å². The van der Waals surface area contributed by atoms with Crippen LogP contribution >= 0.6 is 0 Å². The Morgan fingerprint density at radius 3 is 2.54 bits per heavy atom. The lowest BCUT2D eigenvalue weighted by atomic mass is 9.91. The van der Waals surface area contributed by atoms with Crippen LogP contribution in [0.25, 0.3) is 0 Å². The minimum absolute atomic E-state index is 0.0207. The van der Waals surface area contributed by atoms with Gasteiger partial charge in [0.25, 0.3) is 0 Å². The van der Waals surface area contributed by atoms with Crippen LogP contribution in [0.15, 0.2) is 0 Å². The van der Waals surface area contributed by atoms with E-state index in [1.54, 1.807) is 0 Å². The van der Waals surface area contributed by atoms with Gasteiger partial charge in [-0.2, -0.15) is 0 Å². The first-order chi connectivity index (χ1) is 6.12. The molecule has 0 atom stereocenters. The first-order valence-corrected chi connectivity index (χ1v) is 5.20. The summed E-state index contributed by atoms with van der Waals surface area (Å²) in [5.74, 6) is 0.698. The molecule has 0 saturated carbocycles. The summed E-state index contributed by atoms with van der Waals surface area (Å²) in [5, 5.41) is 3.41. The Labute approximate surface area is 81.0 Å². The lowest BCUT2D eigenvalue weighted by Crippen LogP contribution is -2.52. The fraction of sp³-hybridized carbons (Fsp3) is 1.00. The average molecular weight is 186 g/mol. The van der Waals surface area contributed by atoms with Gasteiger partial charge in [0.15, 0.2) is 0 Å². The second-order valence-electron chi connectivity index (χ2n) is 4.50. The molecule has 1 saturated heterocycles. The molecule has 3 heteroatoms. The van der Waals surface area contributed by atoms with Gasteiger partial charge in [-0.3, -0.25) is 0 Å². The van der Waals surface area contributed by atoms with Gasteiger partial charge >= 0.3 is 0 Å². The van der Waals surface area contributed by atoms with Crippen molar-refractivity contribution in [3.63, 3.8) is 0 Å². The van der Waals surface area contributed by atoms with Gasteiger partial charge in [0, 0.05) is 25.3 Å². The van der Waals surface area contributed by atoms with Crippen LogP contribution in [-0.4, -0.2) is 31.8 Å². The second-order valence-corrected chi connectivity index (χ2v) is 4.50. The van der Waals surface area contributed by atoms with E-state index in [1.165, 1.54) is 0 Å². The molecule has 0 aliphatic carbocycles. The van der Waals surface area contributed by atoms with Crippen LogP contribution < -0.4 is 11.1 Å². The lowest BCUT2D eigenvalue weighted by molar-refractivity contribution is 0.0530. The Kier molecular flexibility index (Phi) is 4.16. The molecule has 3 N–H and O–H groups in total. The first-order valence-electron chi connectivity index (χ1n) is 5.20. The summed E-state index contributed by atoms with van der Waals surface area (Å²) in [7, 11) is 0. The Morgan fingerprint density at radius 2 is 2.00 bits per heavy atom. The van der Waals surface area contributed by atoms with Gasteiger partial charge in [-0.15, -0.1) is 0 Å². The highest BCUT2D eigenvalue weighted by Crippen LogP contribution is 2.16. The first kappa shape index (κ1) is 11.0. The van der Waals surface area contributed by atoms with E-state index in [9.17, 15) is 0 Å². The summed E-state index contributed by atoms with van der Waals surface area (Å²) in [6.45, 7) is 8.04. The smallest absolute Gasteiger partial charge is 0.0484 e. The normalized spacial score (nSPS) is 22.2. The van der Waals surface area contributed by atoms with E-state index in [0.717, 1.165) is 39.1 Å². The molecule has 0 aromatic carbocycles. The van der Waals surface area contributed by atoms with Crippen molar-refractivity contribution >= 4 is 0 Å². The van der Waals surface area contributed by atoms with E-state index in [-0.39, 0.29) is 5.54 Å². The summed E-state index contributed by atoms with van der Waals surface area (Å²) in [6, 6.07) is 0. The van der Waals surface area contributed by atoms with Gasteiger partial charge < -0.3 is 15.8 Å². The summed E-state index contributed by atoms with van der Waals surface area (Å²) in [5.41, 5.74) is 6.18. The summed E-state index contributed by atoms with van der Waals surface area (Å²) < 4.78 is 5.28. The average Bonchev–Trinajstić information content (AvgIpc) is 2.04. The highest BCUT2D eigenvalue weighted by molar-refractivity contribution is 4.88. The highest BCUT2D eigenvalue weighted by atomic mass is 16.5. The van der Waals surface area contributed by atoms with Crippen molar-refractivity contribution in [3.05, 3.63) is 0 Å². The van der Waals surface area contributed by atoms with Crippen molar-refractivity contribution in [2.45, 2.75) is 32.2 Å². The monoisotopic (exact) mass is 186 g/mol. The van der Waals surface area contributed by atoms with Crippen LogP contribution in [0.3, 0.4) is 0 Å². The zero-order valence-corrected chi connectivity index (χ0v) is 8.81. The molecule has 78 valence electrons. The molecule has 13 heavy (non-hydrogen) atoms. The van der Waals surface area contributed by atoms with Crippen LogP contribution in [0.5, 0.6) is 0 Å². The molecule has 0 aromatic rings. The van der Waals surface area contributed by atoms with E-state index in [2.05, 4.69) is 19.2 Å². The largest absolute Gasteiger partial charge is 0.381 e. The van der Waals surface area contributed by atoms with Crippen molar-refractivity contribution < 1.29 is 4.74 Å². The molecular weight excluding hydrogens is 164 g/mol. The second kappa shape index (κ2) is 4.94. The third-order valence-electron chi connectivity index (χ3n) is 2.52. The van der Waals surface area contributed by atoms with Crippen LogP contribution in [0.1, 0.15) is 26.7 Å². The van der Waals surface area contributed by atoms with Crippen molar-refractivity contribution in [2.24, 2.45) is 11.7 Å². The number of nitrogens with two attached hydrogens (primary N) is 1. The van der Waals surface area contributed by atoms with Gasteiger partial charge in [0.1, 0.15) is 0 Å². The van der Waals surface area contributed by atoms with Crippen LogP contribution in [0.2, 0.25) is 0 Å². The van der Waals surface area contributed by atoms with E-state index < -0.39 is 0 Å². The molecule has 1 aliphatic rings. The van der Waals surface area contributed by atoms with Gasteiger partial charge in [0.05, 0.1) is 0 Å². The molecule has 3 nitrogen and oxygen atoms in total. The van der Waals surface area contributed by atoms with Crippen molar-refractivity contribution in [3.8, 4) is 0 Å². The molecule has 0 amide bonds. The minimum atomic E-state index is -0.0207. The van der Waals surface area contributed by atoms with E-state index >= 15 is 0 Å². The molecule has 0 spiro atoms. The number of ether oxygens (including phenoxy) is 1. The van der Waals surface area contributed by atoms with E-state index in [0.29, 0.717) is 5.92 Å². The third kappa shape index (κ3) is 4.07. The Morgan fingerprint density at radius 1 is 1.38 bits per heavy atom. The highest BCUT2D eigenvalue weighted by Gasteiger charge is 2.27.